The molecule has 1 aliphatic heterocycles. The van der Waals surface area contributed by atoms with Gasteiger partial charge in [-0.25, -0.2) is 0 Å². The SMILES string of the molecule is CC[C@H](C(=O)N1CCNC(=O)C1)n1nnc(-c2ccc(Cl)cc2)n1. The summed E-state index contributed by atoms with van der Waals surface area (Å²) in [6.07, 6.45) is 0.507. The molecule has 2 amide bonds. The average Bonchev–Trinajstić information content (AvgIpc) is 3.06. The normalized spacial score (nSPS) is 15.9. The van der Waals surface area contributed by atoms with E-state index in [1.165, 1.54) is 9.70 Å². The fourth-order valence-corrected chi connectivity index (χ4v) is 2.67. The van der Waals surface area contributed by atoms with E-state index in [0.29, 0.717) is 30.4 Å². The average molecular weight is 349 g/mol. The second-order valence-corrected chi connectivity index (χ2v) is 5.91. The van der Waals surface area contributed by atoms with Crippen LogP contribution in [0.2, 0.25) is 5.02 Å². The number of amides is 2. The Bertz CT molecular complexity index is 745. The Hall–Kier alpha value is -2.48. The molecule has 2 heterocycles. The number of nitrogens with zero attached hydrogens (tertiary/aromatic N) is 5. The summed E-state index contributed by atoms with van der Waals surface area (Å²) in [5.41, 5.74) is 0.769. The van der Waals surface area contributed by atoms with Gasteiger partial charge in [-0.3, -0.25) is 9.59 Å². The van der Waals surface area contributed by atoms with Crippen molar-refractivity contribution >= 4 is 23.4 Å². The summed E-state index contributed by atoms with van der Waals surface area (Å²) >= 11 is 5.87. The molecule has 0 aliphatic carbocycles. The van der Waals surface area contributed by atoms with E-state index in [9.17, 15) is 9.59 Å². The number of tetrazole rings is 1. The van der Waals surface area contributed by atoms with Gasteiger partial charge in [0, 0.05) is 23.7 Å². The summed E-state index contributed by atoms with van der Waals surface area (Å²) in [4.78, 5) is 27.0. The molecular formula is C15H17ClN6O2. The van der Waals surface area contributed by atoms with Crippen molar-refractivity contribution in [2.45, 2.75) is 19.4 Å². The molecule has 126 valence electrons. The lowest BCUT2D eigenvalue weighted by molar-refractivity contribution is -0.141. The van der Waals surface area contributed by atoms with Crippen molar-refractivity contribution < 1.29 is 9.59 Å². The zero-order chi connectivity index (χ0) is 17.1. The van der Waals surface area contributed by atoms with Crippen LogP contribution in [0.1, 0.15) is 19.4 Å². The second kappa shape index (κ2) is 6.96. The van der Waals surface area contributed by atoms with E-state index in [4.69, 9.17) is 11.6 Å². The highest BCUT2D eigenvalue weighted by Crippen LogP contribution is 2.19. The number of halogens is 1. The minimum absolute atomic E-state index is 0.0636. The van der Waals surface area contributed by atoms with Gasteiger partial charge in [-0.1, -0.05) is 18.5 Å². The summed E-state index contributed by atoms with van der Waals surface area (Å²) in [6.45, 7) is 2.88. The van der Waals surface area contributed by atoms with E-state index in [1.54, 1.807) is 24.3 Å². The van der Waals surface area contributed by atoms with Gasteiger partial charge in [0.05, 0.1) is 6.54 Å². The number of carbonyl (C=O) groups excluding carboxylic acids is 2. The molecule has 3 rings (SSSR count). The lowest BCUT2D eigenvalue weighted by atomic mass is 10.2. The number of carbonyl (C=O) groups is 2. The Morgan fingerprint density at radius 1 is 1.38 bits per heavy atom. The maximum atomic E-state index is 12.7. The third kappa shape index (κ3) is 3.38. The second-order valence-electron chi connectivity index (χ2n) is 5.47. The number of nitrogens with one attached hydrogen (secondary N) is 1. The molecule has 1 saturated heterocycles. The molecule has 0 radical (unpaired) electrons. The predicted octanol–water partition coefficient (Wildman–Crippen LogP) is 0.903. The predicted molar refractivity (Wildman–Crippen MR) is 87.2 cm³/mol. The van der Waals surface area contributed by atoms with Crippen molar-refractivity contribution in [3.05, 3.63) is 29.3 Å². The Labute approximate surface area is 143 Å². The van der Waals surface area contributed by atoms with Crippen LogP contribution >= 0.6 is 11.6 Å². The maximum Gasteiger partial charge on any atom is 0.249 e. The van der Waals surface area contributed by atoms with Crippen LogP contribution in [0.5, 0.6) is 0 Å². The molecule has 1 N–H and O–H groups in total. The molecule has 0 spiro atoms. The quantitative estimate of drug-likeness (QED) is 0.886. The Morgan fingerprint density at radius 3 is 2.79 bits per heavy atom. The molecule has 1 atom stereocenters. The summed E-state index contributed by atoms with van der Waals surface area (Å²) < 4.78 is 0. The van der Waals surface area contributed by atoms with Crippen molar-refractivity contribution in [1.82, 2.24) is 30.4 Å². The fourth-order valence-electron chi connectivity index (χ4n) is 2.55. The van der Waals surface area contributed by atoms with Gasteiger partial charge in [0.2, 0.25) is 17.6 Å². The van der Waals surface area contributed by atoms with Crippen molar-refractivity contribution in [3.63, 3.8) is 0 Å². The minimum atomic E-state index is -0.579. The monoisotopic (exact) mass is 348 g/mol. The first-order chi connectivity index (χ1) is 11.6. The zero-order valence-electron chi connectivity index (χ0n) is 13.1. The summed E-state index contributed by atoms with van der Waals surface area (Å²) in [5.74, 6) is 0.0968. The summed E-state index contributed by atoms with van der Waals surface area (Å²) in [6, 6.07) is 6.49. The van der Waals surface area contributed by atoms with Crippen LogP contribution < -0.4 is 5.32 Å². The van der Waals surface area contributed by atoms with Crippen LogP contribution in [0.25, 0.3) is 11.4 Å². The van der Waals surface area contributed by atoms with Crippen molar-refractivity contribution in [2.24, 2.45) is 0 Å². The Morgan fingerprint density at radius 2 is 2.12 bits per heavy atom. The first-order valence-electron chi connectivity index (χ1n) is 7.69. The van der Waals surface area contributed by atoms with Gasteiger partial charge in [0.1, 0.15) is 0 Å². The van der Waals surface area contributed by atoms with Crippen molar-refractivity contribution in [2.75, 3.05) is 19.6 Å². The van der Waals surface area contributed by atoms with Crippen LogP contribution in [0, 0.1) is 0 Å². The van der Waals surface area contributed by atoms with Crippen molar-refractivity contribution in [1.29, 1.82) is 0 Å². The summed E-state index contributed by atoms with van der Waals surface area (Å²) in [7, 11) is 0. The molecule has 0 saturated carbocycles. The first kappa shape index (κ1) is 16.4. The Balaban J connectivity index is 1.79. The Kier molecular flexibility index (Phi) is 4.75. The van der Waals surface area contributed by atoms with Gasteiger partial charge in [0.25, 0.3) is 0 Å². The van der Waals surface area contributed by atoms with E-state index >= 15 is 0 Å². The van der Waals surface area contributed by atoms with E-state index < -0.39 is 6.04 Å². The number of piperazine rings is 1. The molecule has 2 aromatic rings. The van der Waals surface area contributed by atoms with Gasteiger partial charge in [0.15, 0.2) is 6.04 Å². The van der Waals surface area contributed by atoms with Crippen molar-refractivity contribution in [3.8, 4) is 11.4 Å². The molecule has 1 aliphatic rings. The minimum Gasteiger partial charge on any atom is -0.353 e. The lowest BCUT2D eigenvalue weighted by Crippen LogP contribution is -2.51. The maximum absolute atomic E-state index is 12.7. The highest BCUT2D eigenvalue weighted by Gasteiger charge is 2.29. The fraction of sp³-hybridized carbons (Fsp3) is 0.400. The van der Waals surface area contributed by atoms with E-state index in [1.807, 2.05) is 6.92 Å². The topological polar surface area (TPSA) is 93.0 Å². The smallest absolute Gasteiger partial charge is 0.249 e. The van der Waals surface area contributed by atoms with Crippen LogP contribution in [-0.2, 0) is 9.59 Å². The zero-order valence-corrected chi connectivity index (χ0v) is 13.9. The molecule has 8 nitrogen and oxygen atoms in total. The van der Waals surface area contributed by atoms with Gasteiger partial charge in [-0.05, 0) is 35.9 Å². The lowest BCUT2D eigenvalue weighted by Gasteiger charge is -2.29. The number of rotatable bonds is 4. The van der Waals surface area contributed by atoms with Gasteiger partial charge in [-0.2, -0.15) is 4.80 Å². The third-order valence-corrected chi connectivity index (χ3v) is 4.08. The molecule has 24 heavy (non-hydrogen) atoms. The van der Waals surface area contributed by atoms with Crippen LogP contribution in [-0.4, -0.2) is 56.6 Å². The number of hydrogen-bond donors (Lipinski definition) is 1. The first-order valence-corrected chi connectivity index (χ1v) is 8.07. The van der Waals surface area contributed by atoms with Gasteiger partial charge >= 0.3 is 0 Å². The standard InChI is InChI=1S/C15H17ClN6O2/c1-2-12(15(24)21-8-7-17-13(23)9-21)22-19-14(18-20-22)10-3-5-11(16)6-4-10/h3-6,12H,2,7-9H2,1H3,(H,17,23)/t12-/m1/s1. The highest BCUT2D eigenvalue weighted by molar-refractivity contribution is 6.30. The molecule has 1 aromatic carbocycles. The van der Waals surface area contributed by atoms with Gasteiger partial charge < -0.3 is 10.2 Å². The molecule has 9 heteroatoms. The number of benzene rings is 1. The van der Waals surface area contributed by atoms with E-state index in [-0.39, 0.29) is 18.4 Å². The van der Waals surface area contributed by atoms with Crippen LogP contribution in [0.4, 0.5) is 0 Å². The molecule has 0 bridgehead atoms. The summed E-state index contributed by atoms with van der Waals surface area (Å²) in [5, 5.41) is 15.7. The van der Waals surface area contributed by atoms with Crippen LogP contribution in [0.3, 0.4) is 0 Å². The van der Waals surface area contributed by atoms with Gasteiger partial charge in [-0.15, -0.1) is 10.2 Å². The molecule has 0 unspecified atom stereocenters. The number of hydrogen-bond acceptors (Lipinski definition) is 5. The molecule has 1 fully saturated rings. The third-order valence-electron chi connectivity index (χ3n) is 3.83. The largest absolute Gasteiger partial charge is 0.353 e. The molecule has 1 aromatic heterocycles. The number of aromatic nitrogens is 4. The molecular weight excluding hydrogens is 332 g/mol. The van der Waals surface area contributed by atoms with Crippen LogP contribution in [0.15, 0.2) is 24.3 Å². The highest BCUT2D eigenvalue weighted by atomic mass is 35.5. The van der Waals surface area contributed by atoms with E-state index in [0.717, 1.165) is 5.56 Å². The van der Waals surface area contributed by atoms with E-state index in [2.05, 4.69) is 20.7 Å².